The molecule has 0 bridgehead atoms. The summed E-state index contributed by atoms with van der Waals surface area (Å²) in [5, 5.41) is 18.0. The van der Waals surface area contributed by atoms with E-state index in [4.69, 9.17) is 4.74 Å². The third-order valence-corrected chi connectivity index (χ3v) is 3.95. The van der Waals surface area contributed by atoms with Gasteiger partial charge >= 0.3 is 11.7 Å². The van der Waals surface area contributed by atoms with Crippen LogP contribution in [0.2, 0.25) is 0 Å². The number of ether oxygens (including phenoxy) is 1. The number of aryl methyl sites for hydroxylation is 2. The number of hydrogen-bond donors (Lipinski definition) is 1. The van der Waals surface area contributed by atoms with Crippen molar-refractivity contribution in [2.45, 2.75) is 39.8 Å². The summed E-state index contributed by atoms with van der Waals surface area (Å²) in [5.74, 6) is -1.34. The van der Waals surface area contributed by atoms with Gasteiger partial charge in [0.1, 0.15) is 11.7 Å². The molecule has 27 heavy (non-hydrogen) atoms. The topological polar surface area (TPSA) is 116 Å². The van der Waals surface area contributed by atoms with Crippen molar-refractivity contribution < 1.29 is 19.2 Å². The molecule has 1 atom stereocenters. The Labute approximate surface area is 156 Å². The van der Waals surface area contributed by atoms with Crippen LogP contribution in [-0.2, 0) is 22.5 Å². The molecule has 0 radical (unpaired) electrons. The third-order valence-electron chi connectivity index (χ3n) is 3.95. The molecule has 2 aromatic rings. The van der Waals surface area contributed by atoms with Crippen molar-refractivity contribution >= 4 is 17.6 Å². The highest BCUT2D eigenvalue weighted by molar-refractivity contribution is 5.99. The number of esters is 1. The van der Waals surface area contributed by atoms with Crippen molar-refractivity contribution in [3.05, 3.63) is 57.4 Å². The van der Waals surface area contributed by atoms with E-state index in [1.54, 1.807) is 13.8 Å². The van der Waals surface area contributed by atoms with E-state index in [2.05, 4.69) is 10.4 Å². The fraction of sp³-hybridized carbons (Fsp3) is 0.389. The maximum absolute atomic E-state index is 12.8. The number of nitro groups is 1. The smallest absolute Gasteiger partial charge is 0.328 e. The van der Waals surface area contributed by atoms with E-state index < -0.39 is 22.8 Å². The number of carbonyl (C=O) groups excluding carboxylic acids is 2. The van der Waals surface area contributed by atoms with E-state index >= 15 is 0 Å². The van der Waals surface area contributed by atoms with E-state index in [1.165, 1.54) is 11.6 Å². The zero-order valence-electron chi connectivity index (χ0n) is 15.5. The van der Waals surface area contributed by atoms with Gasteiger partial charge in [-0.3, -0.25) is 19.6 Å². The quantitative estimate of drug-likeness (QED) is 0.429. The Hall–Kier alpha value is -3.23. The lowest BCUT2D eigenvalue weighted by Gasteiger charge is -2.17. The van der Waals surface area contributed by atoms with Gasteiger partial charge in [-0.25, -0.2) is 4.79 Å². The number of rotatable bonds is 8. The van der Waals surface area contributed by atoms with Gasteiger partial charge in [0.15, 0.2) is 0 Å². The standard InChI is InChI=1S/C18H22N4O5/c1-4-21-16(15(22(25)26)12(3)20-21)17(23)19-14(18(24)27-5-2)11-13-9-7-6-8-10-13/h6-10,14H,4-5,11H2,1-3H3,(H,19,23). The highest BCUT2D eigenvalue weighted by atomic mass is 16.6. The maximum Gasteiger partial charge on any atom is 0.328 e. The molecule has 1 N–H and O–H groups in total. The van der Waals surface area contributed by atoms with Crippen molar-refractivity contribution in [1.29, 1.82) is 0 Å². The summed E-state index contributed by atoms with van der Waals surface area (Å²) in [7, 11) is 0. The summed E-state index contributed by atoms with van der Waals surface area (Å²) >= 11 is 0. The van der Waals surface area contributed by atoms with Crippen molar-refractivity contribution in [1.82, 2.24) is 15.1 Å². The average molecular weight is 374 g/mol. The first-order valence-electron chi connectivity index (χ1n) is 8.62. The van der Waals surface area contributed by atoms with Crippen molar-refractivity contribution in [2.75, 3.05) is 6.61 Å². The zero-order valence-corrected chi connectivity index (χ0v) is 15.5. The molecule has 1 unspecified atom stereocenters. The minimum absolute atomic E-state index is 0.141. The summed E-state index contributed by atoms with van der Waals surface area (Å²) in [6.45, 7) is 5.29. The lowest BCUT2D eigenvalue weighted by molar-refractivity contribution is -0.385. The molecule has 9 heteroatoms. The van der Waals surface area contributed by atoms with Gasteiger partial charge in [0.2, 0.25) is 5.69 Å². The summed E-state index contributed by atoms with van der Waals surface area (Å²) in [6.07, 6.45) is 0.207. The molecule has 1 heterocycles. The van der Waals surface area contributed by atoms with Crippen LogP contribution in [0.1, 0.15) is 35.6 Å². The molecule has 0 fully saturated rings. The van der Waals surface area contributed by atoms with E-state index in [9.17, 15) is 19.7 Å². The van der Waals surface area contributed by atoms with Gasteiger partial charge in [0.25, 0.3) is 5.91 Å². The molecule has 0 spiro atoms. The highest BCUT2D eigenvalue weighted by Gasteiger charge is 2.32. The SMILES string of the molecule is CCOC(=O)C(Cc1ccccc1)NC(=O)c1c([N+](=O)[O-])c(C)nn1CC. The Bertz CT molecular complexity index is 832. The van der Waals surface area contributed by atoms with Gasteiger partial charge in [0, 0.05) is 13.0 Å². The van der Waals surface area contributed by atoms with Crippen LogP contribution in [-0.4, -0.2) is 39.2 Å². The number of hydrogen-bond acceptors (Lipinski definition) is 6. The first-order chi connectivity index (χ1) is 12.9. The van der Waals surface area contributed by atoms with Crippen molar-refractivity contribution in [2.24, 2.45) is 0 Å². The van der Waals surface area contributed by atoms with Gasteiger partial charge in [-0.15, -0.1) is 0 Å². The number of carbonyl (C=O) groups is 2. The lowest BCUT2D eigenvalue weighted by atomic mass is 10.1. The second kappa shape index (κ2) is 8.93. The molecule has 1 aromatic heterocycles. The number of benzene rings is 1. The van der Waals surface area contributed by atoms with Crippen LogP contribution in [0.15, 0.2) is 30.3 Å². The number of nitrogens with one attached hydrogen (secondary N) is 1. The fourth-order valence-corrected chi connectivity index (χ4v) is 2.76. The lowest BCUT2D eigenvalue weighted by Crippen LogP contribution is -2.44. The molecule has 144 valence electrons. The minimum atomic E-state index is -0.972. The van der Waals surface area contributed by atoms with Crippen LogP contribution in [0.5, 0.6) is 0 Å². The molecular formula is C18H22N4O5. The predicted octanol–water partition coefficient (Wildman–Crippen LogP) is 2.02. The van der Waals surface area contributed by atoms with Crippen LogP contribution in [0, 0.1) is 17.0 Å². The molecule has 0 saturated carbocycles. The summed E-state index contributed by atoms with van der Waals surface area (Å²) in [6, 6.07) is 8.15. The highest BCUT2D eigenvalue weighted by Crippen LogP contribution is 2.23. The Morgan fingerprint density at radius 3 is 2.52 bits per heavy atom. The van der Waals surface area contributed by atoms with E-state index in [0.29, 0.717) is 0 Å². The van der Waals surface area contributed by atoms with Gasteiger partial charge in [0.05, 0.1) is 11.5 Å². The Balaban J connectivity index is 2.33. The molecule has 1 aromatic carbocycles. The maximum atomic E-state index is 12.8. The normalized spacial score (nSPS) is 11.7. The third kappa shape index (κ3) is 4.69. The van der Waals surface area contributed by atoms with Crippen LogP contribution in [0.3, 0.4) is 0 Å². The molecule has 0 aliphatic heterocycles. The van der Waals surface area contributed by atoms with Gasteiger partial charge in [-0.1, -0.05) is 30.3 Å². The van der Waals surface area contributed by atoms with E-state index in [1.807, 2.05) is 30.3 Å². The zero-order chi connectivity index (χ0) is 20.0. The van der Waals surface area contributed by atoms with E-state index in [-0.39, 0.29) is 36.6 Å². The summed E-state index contributed by atoms with van der Waals surface area (Å²) in [5.41, 5.74) is 0.423. The number of amides is 1. The Morgan fingerprint density at radius 1 is 1.30 bits per heavy atom. The van der Waals surface area contributed by atoms with Gasteiger partial charge in [-0.05, 0) is 26.3 Å². The van der Waals surface area contributed by atoms with Crippen LogP contribution >= 0.6 is 0 Å². The first kappa shape index (κ1) is 20.1. The molecular weight excluding hydrogens is 352 g/mol. The molecule has 0 saturated heterocycles. The summed E-state index contributed by atoms with van der Waals surface area (Å²) < 4.78 is 6.30. The second-order valence-corrected chi connectivity index (χ2v) is 5.82. The fourth-order valence-electron chi connectivity index (χ4n) is 2.76. The van der Waals surface area contributed by atoms with Crippen LogP contribution in [0.25, 0.3) is 0 Å². The Morgan fingerprint density at radius 2 is 1.96 bits per heavy atom. The average Bonchev–Trinajstić information content (AvgIpc) is 2.99. The number of nitrogens with zero attached hydrogens (tertiary/aromatic N) is 3. The Kier molecular flexibility index (Phi) is 6.64. The van der Waals surface area contributed by atoms with E-state index in [0.717, 1.165) is 5.56 Å². The minimum Gasteiger partial charge on any atom is -0.464 e. The molecule has 1 amide bonds. The number of aromatic nitrogens is 2. The van der Waals surface area contributed by atoms with Gasteiger partial charge < -0.3 is 10.1 Å². The first-order valence-corrected chi connectivity index (χ1v) is 8.62. The predicted molar refractivity (Wildman–Crippen MR) is 97.3 cm³/mol. The van der Waals surface area contributed by atoms with Crippen molar-refractivity contribution in [3.63, 3.8) is 0 Å². The molecule has 0 aliphatic carbocycles. The van der Waals surface area contributed by atoms with Crippen LogP contribution in [0.4, 0.5) is 5.69 Å². The second-order valence-electron chi connectivity index (χ2n) is 5.82. The molecule has 9 nitrogen and oxygen atoms in total. The monoisotopic (exact) mass is 374 g/mol. The molecule has 2 rings (SSSR count). The molecule has 0 aliphatic rings. The van der Waals surface area contributed by atoms with Crippen molar-refractivity contribution in [3.8, 4) is 0 Å². The summed E-state index contributed by atoms with van der Waals surface area (Å²) in [4.78, 5) is 35.8. The largest absolute Gasteiger partial charge is 0.464 e. The van der Waals surface area contributed by atoms with Gasteiger partial charge in [-0.2, -0.15) is 5.10 Å². The van der Waals surface area contributed by atoms with Crippen LogP contribution < -0.4 is 5.32 Å².